The molecule has 1 atom stereocenters. The quantitative estimate of drug-likeness (QED) is 0.589. The lowest BCUT2D eigenvalue weighted by molar-refractivity contribution is 0.170. The van der Waals surface area contributed by atoms with Gasteiger partial charge < -0.3 is 24.8 Å². The van der Waals surface area contributed by atoms with Gasteiger partial charge >= 0.3 is 0 Å². The van der Waals surface area contributed by atoms with Crippen LogP contribution in [0.15, 0.2) is 21.6 Å². The summed E-state index contributed by atoms with van der Waals surface area (Å²) in [5, 5.41) is 6.69. The molecule has 0 radical (unpaired) electrons. The van der Waals surface area contributed by atoms with Gasteiger partial charge in [-0.25, -0.2) is 4.99 Å². The highest BCUT2D eigenvalue weighted by atomic mass is 79.9. The second-order valence-corrected chi connectivity index (χ2v) is 6.76. The summed E-state index contributed by atoms with van der Waals surface area (Å²) >= 11 is 3.55. The number of nitrogens with zero attached hydrogens (tertiary/aromatic N) is 1. The van der Waals surface area contributed by atoms with Crippen LogP contribution in [0.25, 0.3) is 0 Å². The molecule has 1 fully saturated rings. The first kappa shape index (κ1) is 17.4. The molecule has 1 unspecified atom stereocenters. The first-order chi connectivity index (χ1) is 11.8. The third-order valence-electron chi connectivity index (χ3n) is 4.00. The van der Waals surface area contributed by atoms with E-state index in [0.29, 0.717) is 25.7 Å². The summed E-state index contributed by atoms with van der Waals surface area (Å²) in [5.41, 5.74) is 1.08. The average Bonchev–Trinajstić information content (AvgIpc) is 3.11. The molecule has 24 heavy (non-hydrogen) atoms. The van der Waals surface area contributed by atoms with E-state index in [1.54, 1.807) is 0 Å². The summed E-state index contributed by atoms with van der Waals surface area (Å²) in [4.78, 5) is 4.67. The van der Waals surface area contributed by atoms with Crippen LogP contribution < -0.4 is 20.1 Å². The highest BCUT2D eigenvalue weighted by molar-refractivity contribution is 9.10. The zero-order chi connectivity index (χ0) is 16.8. The van der Waals surface area contributed by atoms with Crippen LogP contribution in [-0.2, 0) is 11.3 Å². The zero-order valence-corrected chi connectivity index (χ0v) is 15.5. The smallest absolute Gasteiger partial charge is 0.191 e. The number of fused-ring (bicyclic) bond motifs is 1. The van der Waals surface area contributed by atoms with Crippen LogP contribution in [0.1, 0.15) is 18.9 Å². The van der Waals surface area contributed by atoms with Gasteiger partial charge in [0.1, 0.15) is 13.2 Å². The van der Waals surface area contributed by atoms with Crippen LogP contribution in [0.3, 0.4) is 0 Å². The Balaban J connectivity index is 1.63. The molecule has 1 aromatic carbocycles. The predicted molar refractivity (Wildman–Crippen MR) is 96.9 cm³/mol. The Hall–Kier alpha value is -1.47. The van der Waals surface area contributed by atoms with Crippen molar-refractivity contribution in [2.75, 3.05) is 39.5 Å². The van der Waals surface area contributed by atoms with Gasteiger partial charge in [0.15, 0.2) is 17.5 Å². The first-order valence-corrected chi connectivity index (χ1v) is 9.23. The number of aliphatic imine (C=N–C) groups is 1. The lowest BCUT2D eigenvalue weighted by Gasteiger charge is -2.20. The molecule has 2 N–H and O–H groups in total. The van der Waals surface area contributed by atoms with Crippen LogP contribution >= 0.6 is 15.9 Å². The van der Waals surface area contributed by atoms with E-state index < -0.39 is 0 Å². The molecule has 132 valence electrons. The molecule has 0 spiro atoms. The van der Waals surface area contributed by atoms with E-state index in [9.17, 15) is 0 Å². The van der Waals surface area contributed by atoms with E-state index in [1.165, 1.54) is 0 Å². The maximum atomic E-state index is 5.67. The monoisotopic (exact) mass is 397 g/mol. The number of guanidine groups is 1. The lowest BCUT2D eigenvalue weighted by Crippen LogP contribution is -2.39. The Bertz CT molecular complexity index is 589. The maximum absolute atomic E-state index is 5.67. The molecule has 2 aliphatic rings. The van der Waals surface area contributed by atoms with Crippen molar-refractivity contribution < 1.29 is 14.2 Å². The summed E-state index contributed by atoms with van der Waals surface area (Å²) in [7, 11) is 0. The number of halogens is 1. The second-order valence-electron chi connectivity index (χ2n) is 5.91. The van der Waals surface area contributed by atoms with E-state index in [2.05, 4.69) is 38.5 Å². The standard InChI is InChI=1S/C17H24BrN3O3/c1-2-19-17(20-9-12-3-4-22-11-12)21-10-13-7-14(18)16-15(8-13)23-5-6-24-16/h7-8,12H,2-6,9-11H2,1H3,(H2,19,20,21). The highest BCUT2D eigenvalue weighted by Crippen LogP contribution is 2.38. The second kappa shape index (κ2) is 8.58. The molecule has 0 saturated carbocycles. The summed E-state index contributed by atoms with van der Waals surface area (Å²) in [5.74, 6) is 2.95. The van der Waals surface area contributed by atoms with Crippen LogP contribution in [0.2, 0.25) is 0 Å². The zero-order valence-electron chi connectivity index (χ0n) is 13.9. The van der Waals surface area contributed by atoms with Crippen LogP contribution in [0, 0.1) is 5.92 Å². The topological polar surface area (TPSA) is 64.1 Å². The van der Waals surface area contributed by atoms with E-state index >= 15 is 0 Å². The van der Waals surface area contributed by atoms with Crippen molar-refractivity contribution in [3.05, 3.63) is 22.2 Å². The van der Waals surface area contributed by atoms with Gasteiger partial charge in [-0.15, -0.1) is 0 Å². The molecule has 0 amide bonds. The first-order valence-electron chi connectivity index (χ1n) is 8.44. The SMILES string of the molecule is CCNC(=NCc1cc(Br)c2c(c1)OCCO2)NCC1CCOC1. The molecule has 0 aromatic heterocycles. The third-order valence-corrected chi connectivity index (χ3v) is 4.59. The largest absolute Gasteiger partial charge is 0.486 e. The van der Waals surface area contributed by atoms with Crippen molar-refractivity contribution in [1.82, 2.24) is 10.6 Å². The molecule has 1 saturated heterocycles. The van der Waals surface area contributed by atoms with Crippen LogP contribution in [0.4, 0.5) is 0 Å². The molecule has 3 rings (SSSR count). The van der Waals surface area contributed by atoms with Gasteiger partial charge in [-0.05, 0) is 47.0 Å². The molecule has 0 bridgehead atoms. The van der Waals surface area contributed by atoms with Crippen LogP contribution in [-0.4, -0.2) is 45.5 Å². The minimum Gasteiger partial charge on any atom is -0.486 e. The molecule has 7 heteroatoms. The molecule has 1 aromatic rings. The Morgan fingerprint density at radius 2 is 2.12 bits per heavy atom. The Morgan fingerprint density at radius 3 is 2.92 bits per heavy atom. The van der Waals surface area contributed by atoms with Gasteiger partial charge in [0.05, 0.1) is 17.6 Å². The van der Waals surface area contributed by atoms with Crippen LogP contribution in [0.5, 0.6) is 11.5 Å². The Labute approximate surface area is 151 Å². The molecular weight excluding hydrogens is 374 g/mol. The summed E-state index contributed by atoms with van der Waals surface area (Å²) in [6.45, 7) is 7.23. The summed E-state index contributed by atoms with van der Waals surface area (Å²) in [6.07, 6.45) is 1.11. The van der Waals surface area contributed by atoms with Gasteiger partial charge in [-0.3, -0.25) is 0 Å². The fourth-order valence-corrected chi connectivity index (χ4v) is 3.36. The van der Waals surface area contributed by atoms with E-state index in [0.717, 1.165) is 60.2 Å². The van der Waals surface area contributed by atoms with Crippen molar-refractivity contribution in [2.45, 2.75) is 19.9 Å². The van der Waals surface area contributed by atoms with Crippen molar-refractivity contribution in [3.63, 3.8) is 0 Å². The molecule has 2 aliphatic heterocycles. The minimum atomic E-state index is 0.567. The number of rotatable bonds is 5. The number of hydrogen-bond acceptors (Lipinski definition) is 4. The number of nitrogens with one attached hydrogen (secondary N) is 2. The summed E-state index contributed by atoms with van der Waals surface area (Å²) in [6, 6.07) is 4.03. The van der Waals surface area contributed by atoms with Gasteiger partial charge in [0.25, 0.3) is 0 Å². The van der Waals surface area contributed by atoms with Gasteiger partial charge in [0, 0.05) is 25.6 Å². The minimum absolute atomic E-state index is 0.567. The predicted octanol–water partition coefficient (Wildman–Crippen LogP) is 2.31. The number of ether oxygens (including phenoxy) is 3. The fraction of sp³-hybridized carbons (Fsp3) is 0.588. The van der Waals surface area contributed by atoms with E-state index in [1.807, 2.05) is 12.1 Å². The fourth-order valence-electron chi connectivity index (χ4n) is 2.75. The van der Waals surface area contributed by atoms with E-state index in [-0.39, 0.29) is 0 Å². The van der Waals surface area contributed by atoms with Crippen molar-refractivity contribution in [2.24, 2.45) is 10.9 Å². The van der Waals surface area contributed by atoms with Gasteiger partial charge in [-0.2, -0.15) is 0 Å². The maximum Gasteiger partial charge on any atom is 0.191 e. The molecule has 6 nitrogen and oxygen atoms in total. The highest BCUT2D eigenvalue weighted by Gasteiger charge is 2.17. The summed E-state index contributed by atoms with van der Waals surface area (Å²) < 4.78 is 17.6. The van der Waals surface area contributed by atoms with Crippen molar-refractivity contribution in [1.29, 1.82) is 0 Å². The van der Waals surface area contributed by atoms with E-state index in [4.69, 9.17) is 14.2 Å². The average molecular weight is 398 g/mol. The molecular formula is C17H24BrN3O3. The lowest BCUT2D eigenvalue weighted by atomic mass is 10.1. The number of benzene rings is 1. The third kappa shape index (κ3) is 4.54. The van der Waals surface area contributed by atoms with Crippen molar-refractivity contribution in [3.8, 4) is 11.5 Å². The molecule has 0 aliphatic carbocycles. The number of hydrogen-bond donors (Lipinski definition) is 2. The Morgan fingerprint density at radius 1 is 1.25 bits per heavy atom. The van der Waals surface area contributed by atoms with Gasteiger partial charge in [-0.1, -0.05) is 0 Å². The Kier molecular flexibility index (Phi) is 6.20. The molecule has 2 heterocycles. The van der Waals surface area contributed by atoms with Crippen molar-refractivity contribution >= 4 is 21.9 Å². The van der Waals surface area contributed by atoms with Gasteiger partial charge in [0.2, 0.25) is 0 Å². The normalized spacial score (nSPS) is 20.1.